The number of rotatable bonds is 9. The van der Waals surface area contributed by atoms with Crippen LogP contribution in [0.4, 0.5) is 0 Å². The Hall–Kier alpha value is -1.20. The number of benzene rings is 1. The second-order valence-electron chi connectivity index (χ2n) is 7.45. The largest absolute Gasteiger partial charge is 0.497 e. The van der Waals surface area contributed by atoms with Gasteiger partial charge in [-0.2, -0.15) is 0 Å². The first kappa shape index (κ1) is 21.1. The summed E-state index contributed by atoms with van der Waals surface area (Å²) >= 11 is 1.84. The van der Waals surface area contributed by atoms with E-state index in [-0.39, 0.29) is 0 Å². The van der Waals surface area contributed by atoms with Gasteiger partial charge in [0.1, 0.15) is 5.75 Å². The van der Waals surface area contributed by atoms with Crippen LogP contribution in [0.5, 0.6) is 5.75 Å². The predicted molar refractivity (Wildman–Crippen MR) is 110 cm³/mol. The minimum absolute atomic E-state index is 0.302. The van der Waals surface area contributed by atoms with Crippen molar-refractivity contribution in [2.75, 3.05) is 39.0 Å². The summed E-state index contributed by atoms with van der Waals surface area (Å²) in [6.07, 6.45) is 2.86. The van der Waals surface area contributed by atoms with E-state index in [0.717, 1.165) is 50.5 Å². The number of thioether (sulfide) groups is 1. The van der Waals surface area contributed by atoms with Crippen molar-refractivity contribution in [2.24, 2.45) is 5.92 Å². The van der Waals surface area contributed by atoms with E-state index in [0.29, 0.717) is 24.3 Å². The van der Waals surface area contributed by atoms with Crippen LogP contribution in [0.15, 0.2) is 29.2 Å². The Labute approximate surface area is 163 Å². The lowest BCUT2D eigenvalue weighted by molar-refractivity contribution is -0.132. The zero-order valence-corrected chi connectivity index (χ0v) is 17.6. The maximum absolute atomic E-state index is 12.8. The third-order valence-corrected chi connectivity index (χ3v) is 6.00. The van der Waals surface area contributed by atoms with Crippen LogP contribution in [-0.4, -0.2) is 60.8 Å². The van der Waals surface area contributed by atoms with Crippen LogP contribution in [-0.2, 0) is 4.79 Å². The van der Waals surface area contributed by atoms with Gasteiger partial charge in [0, 0.05) is 42.7 Å². The topological polar surface area (TPSA) is 32.8 Å². The zero-order chi connectivity index (χ0) is 18.9. The third-order valence-electron chi connectivity index (χ3n) is 4.85. The van der Waals surface area contributed by atoms with Gasteiger partial charge in [-0.3, -0.25) is 4.79 Å². The first-order chi connectivity index (χ1) is 12.5. The Morgan fingerprint density at radius 1 is 1.15 bits per heavy atom. The minimum Gasteiger partial charge on any atom is -0.497 e. The van der Waals surface area contributed by atoms with Gasteiger partial charge in [0.15, 0.2) is 0 Å². The van der Waals surface area contributed by atoms with Crippen molar-refractivity contribution in [1.82, 2.24) is 9.80 Å². The normalized spacial score (nSPS) is 17.4. The van der Waals surface area contributed by atoms with E-state index in [1.165, 1.54) is 4.90 Å². The van der Waals surface area contributed by atoms with E-state index in [9.17, 15) is 4.79 Å². The molecule has 0 N–H and O–H groups in total. The summed E-state index contributed by atoms with van der Waals surface area (Å²) in [5, 5.41) is 0. The molecule has 1 heterocycles. The second kappa shape index (κ2) is 10.8. The molecule has 1 unspecified atom stereocenters. The number of amides is 1. The van der Waals surface area contributed by atoms with Crippen molar-refractivity contribution in [3.63, 3.8) is 0 Å². The molecule has 0 aromatic heterocycles. The predicted octanol–water partition coefficient (Wildman–Crippen LogP) is 4.15. The van der Waals surface area contributed by atoms with Gasteiger partial charge in [-0.1, -0.05) is 20.8 Å². The Morgan fingerprint density at radius 3 is 2.50 bits per heavy atom. The van der Waals surface area contributed by atoms with E-state index < -0.39 is 0 Å². The molecule has 0 saturated carbocycles. The first-order valence-corrected chi connectivity index (χ1v) is 10.8. The van der Waals surface area contributed by atoms with Gasteiger partial charge in [-0.25, -0.2) is 0 Å². The number of hydrogen-bond donors (Lipinski definition) is 0. The highest BCUT2D eigenvalue weighted by Crippen LogP contribution is 2.26. The third kappa shape index (κ3) is 6.51. The van der Waals surface area contributed by atoms with Gasteiger partial charge in [0.2, 0.25) is 5.91 Å². The van der Waals surface area contributed by atoms with Crippen molar-refractivity contribution in [2.45, 2.75) is 51.0 Å². The van der Waals surface area contributed by atoms with Crippen LogP contribution >= 0.6 is 11.8 Å². The number of methoxy groups -OCH3 is 1. The standard InChI is InChI=1S/C21H34N2O2S/c1-5-11-22-12-10-21(24)23(14-13-22)18(15-17(2)3)16-26-20-8-6-19(25-4)7-9-20/h6-9,17-18H,5,10-16H2,1-4H3. The van der Waals surface area contributed by atoms with E-state index in [4.69, 9.17) is 4.74 Å². The number of hydrogen-bond acceptors (Lipinski definition) is 4. The van der Waals surface area contributed by atoms with Crippen molar-refractivity contribution < 1.29 is 9.53 Å². The van der Waals surface area contributed by atoms with Crippen LogP contribution in [0, 0.1) is 5.92 Å². The highest BCUT2D eigenvalue weighted by molar-refractivity contribution is 7.99. The number of ether oxygens (including phenoxy) is 1. The molecule has 1 aliphatic heterocycles. The molecule has 1 atom stereocenters. The highest BCUT2D eigenvalue weighted by atomic mass is 32.2. The van der Waals surface area contributed by atoms with Crippen molar-refractivity contribution in [3.8, 4) is 5.75 Å². The summed E-state index contributed by atoms with van der Waals surface area (Å²) < 4.78 is 5.23. The molecular formula is C21H34N2O2S. The van der Waals surface area contributed by atoms with Crippen molar-refractivity contribution in [1.29, 1.82) is 0 Å². The van der Waals surface area contributed by atoms with Gasteiger partial charge < -0.3 is 14.5 Å². The summed E-state index contributed by atoms with van der Waals surface area (Å²) in [5.41, 5.74) is 0. The van der Waals surface area contributed by atoms with Gasteiger partial charge in [0.25, 0.3) is 0 Å². The number of carbonyl (C=O) groups excluding carboxylic acids is 1. The molecule has 26 heavy (non-hydrogen) atoms. The lowest BCUT2D eigenvalue weighted by Crippen LogP contribution is -2.43. The fourth-order valence-corrected chi connectivity index (χ4v) is 4.53. The Kier molecular flexibility index (Phi) is 8.79. The molecule has 1 amide bonds. The quantitative estimate of drug-likeness (QED) is 0.605. The van der Waals surface area contributed by atoms with Crippen LogP contribution in [0.3, 0.4) is 0 Å². The lowest BCUT2D eigenvalue weighted by atomic mass is 10.0. The molecule has 1 aromatic rings. The molecule has 1 fully saturated rings. The van der Waals surface area contributed by atoms with Gasteiger partial charge >= 0.3 is 0 Å². The van der Waals surface area contributed by atoms with Crippen LogP contribution in [0.1, 0.15) is 40.0 Å². The minimum atomic E-state index is 0.302. The summed E-state index contributed by atoms with van der Waals surface area (Å²) in [7, 11) is 1.69. The van der Waals surface area contributed by atoms with Gasteiger partial charge in [-0.15, -0.1) is 11.8 Å². The molecule has 0 radical (unpaired) electrons. The number of nitrogens with zero attached hydrogens (tertiary/aromatic N) is 2. The molecule has 4 nitrogen and oxygen atoms in total. The van der Waals surface area contributed by atoms with E-state index in [1.807, 2.05) is 23.9 Å². The zero-order valence-electron chi connectivity index (χ0n) is 16.7. The molecule has 5 heteroatoms. The van der Waals surface area contributed by atoms with E-state index >= 15 is 0 Å². The van der Waals surface area contributed by atoms with Crippen molar-refractivity contribution >= 4 is 17.7 Å². The van der Waals surface area contributed by atoms with Gasteiger partial charge in [0.05, 0.1) is 7.11 Å². The maximum atomic E-state index is 12.8. The molecule has 1 saturated heterocycles. The molecule has 0 spiro atoms. The summed E-state index contributed by atoms with van der Waals surface area (Å²) in [6.45, 7) is 10.6. The Balaban J connectivity index is 2.01. The molecule has 1 aromatic carbocycles. The summed E-state index contributed by atoms with van der Waals surface area (Å²) in [4.78, 5) is 18.6. The molecule has 1 aliphatic rings. The fourth-order valence-electron chi connectivity index (χ4n) is 3.50. The molecular weight excluding hydrogens is 344 g/mol. The average molecular weight is 379 g/mol. The van der Waals surface area contributed by atoms with Crippen LogP contribution in [0.2, 0.25) is 0 Å². The first-order valence-electron chi connectivity index (χ1n) is 9.82. The molecule has 0 bridgehead atoms. The number of carbonyl (C=O) groups is 1. The van der Waals surface area contributed by atoms with E-state index in [1.54, 1.807) is 7.11 Å². The monoisotopic (exact) mass is 378 g/mol. The second-order valence-corrected chi connectivity index (χ2v) is 8.54. The van der Waals surface area contributed by atoms with Crippen molar-refractivity contribution in [3.05, 3.63) is 24.3 Å². The molecule has 2 rings (SSSR count). The van der Waals surface area contributed by atoms with E-state index in [2.05, 4.69) is 42.7 Å². The Morgan fingerprint density at radius 2 is 1.88 bits per heavy atom. The average Bonchev–Trinajstić information content (AvgIpc) is 2.81. The smallest absolute Gasteiger partial charge is 0.224 e. The molecule has 0 aliphatic carbocycles. The maximum Gasteiger partial charge on any atom is 0.224 e. The summed E-state index contributed by atoms with van der Waals surface area (Å²) in [5.74, 6) is 2.74. The van der Waals surface area contributed by atoms with Crippen LogP contribution < -0.4 is 4.74 Å². The van der Waals surface area contributed by atoms with Crippen LogP contribution in [0.25, 0.3) is 0 Å². The van der Waals surface area contributed by atoms with Gasteiger partial charge in [-0.05, 0) is 49.6 Å². The Bertz CT molecular complexity index is 547. The molecule has 146 valence electrons. The lowest BCUT2D eigenvalue weighted by Gasteiger charge is -2.32. The summed E-state index contributed by atoms with van der Waals surface area (Å²) in [6, 6.07) is 8.50. The fraction of sp³-hybridized carbons (Fsp3) is 0.667. The highest BCUT2D eigenvalue weighted by Gasteiger charge is 2.27. The SMILES string of the molecule is CCCN1CCC(=O)N(C(CSc2ccc(OC)cc2)CC(C)C)CC1.